The second kappa shape index (κ2) is 13.2. The summed E-state index contributed by atoms with van der Waals surface area (Å²) in [6.45, 7) is 10.2. The summed E-state index contributed by atoms with van der Waals surface area (Å²) in [5.74, 6) is -1.71. The highest BCUT2D eigenvalue weighted by molar-refractivity contribution is 5.93. The minimum atomic E-state index is -0.973. The molecule has 2 aliphatic heterocycles. The number of hydrogen-bond donors (Lipinski definition) is 3. The number of piperidine rings is 1. The molecule has 1 unspecified atom stereocenters. The normalized spacial score (nSPS) is 22.6. The molecule has 3 rings (SSSR count). The first kappa shape index (κ1) is 29.6. The number of pyridine rings is 1. The van der Waals surface area contributed by atoms with Gasteiger partial charge >= 0.3 is 6.09 Å². The number of amides is 4. The Labute approximate surface area is 229 Å². The summed E-state index contributed by atoms with van der Waals surface area (Å²) >= 11 is 0. The van der Waals surface area contributed by atoms with Gasteiger partial charge < -0.3 is 25.6 Å². The molecule has 2 saturated heterocycles. The van der Waals surface area contributed by atoms with Gasteiger partial charge in [-0.25, -0.2) is 4.79 Å². The molecule has 11 heteroatoms. The summed E-state index contributed by atoms with van der Waals surface area (Å²) in [4.78, 5) is 57.4. The lowest BCUT2D eigenvalue weighted by molar-refractivity contribution is -0.142. The number of carbonyl (C=O) groups is 4. The van der Waals surface area contributed by atoms with Gasteiger partial charge in [0.1, 0.15) is 24.7 Å². The average Bonchev–Trinajstić information content (AvgIpc) is 3.35. The summed E-state index contributed by atoms with van der Waals surface area (Å²) in [6, 6.07) is 2.77. The van der Waals surface area contributed by atoms with Crippen LogP contribution in [-0.4, -0.2) is 64.9 Å². The van der Waals surface area contributed by atoms with Gasteiger partial charge in [-0.05, 0) is 48.8 Å². The van der Waals surface area contributed by atoms with Crippen LogP contribution in [0.1, 0.15) is 52.0 Å². The fourth-order valence-corrected chi connectivity index (χ4v) is 4.99. The number of carbonyl (C=O) groups excluding carboxylic acids is 4. The predicted molar refractivity (Wildman–Crippen MR) is 143 cm³/mol. The second-order valence-electron chi connectivity index (χ2n) is 11.1. The van der Waals surface area contributed by atoms with Gasteiger partial charge in [-0.3, -0.25) is 19.4 Å². The number of nitrogens with one attached hydrogen (secondary N) is 3. The van der Waals surface area contributed by atoms with Crippen molar-refractivity contribution < 1.29 is 23.9 Å². The molecule has 0 saturated carbocycles. The third kappa shape index (κ3) is 7.78. The molecule has 3 N–H and O–H groups in total. The van der Waals surface area contributed by atoms with Gasteiger partial charge in [-0.15, -0.1) is 6.58 Å². The molecule has 0 spiro atoms. The first-order valence-corrected chi connectivity index (χ1v) is 13.3. The Bertz CT molecular complexity index is 1100. The van der Waals surface area contributed by atoms with Crippen LogP contribution in [-0.2, 0) is 25.7 Å². The zero-order chi connectivity index (χ0) is 28.6. The van der Waals surface area contributed by atoms with E-state index < -0.39 is 41.4 Å². The van der Waals surface area contributed by atoms with Gasteiger partial charge in [-0.1, -0.05) is 26.8 Å². The molecule has 2 aliphatic rings. The Morgan fingerprint density at radius 2 is 2.00 bits per heavy atom. The SMILES string of the molecule is C=C[C@H]1CCN(C(=O)C(NC(=O)OCc2ccncc2)C(C)(C)C)[C@@H]1C(=O)N[C@H](C#N)C[C@@H]1CCCNC1=O. The highest BCUT2D eigenvalue weighted by Crippen LogP contribution is 2.30. The number of ether oxygens (including phenoxy) is 1. The maximum absolute atomic E-state index is 13.8. The first-order valence-electron chi connectivity index (χ1n) is 13.3. The quantitative estimate of drug-likeness (QED) is 0.407. The highest BCUT2D eigenvalue weighted by Gasteiger charge is 2.46. The van der Waals surface area contributed by atoms with E-state index >= 15 is 0 Å². The lowest BCUT2D eigenvalue weighted by Crippen LogP contribution is -2.59. The van der Waals surface area contributed by atoms with E-state index in [1.807, 2.05) is 20.8 Å². The predicted octanol–water partition coefficient (Wildman–Crippen LogP) is 2.05. The van der Waals surface area contributed by atoms with E-state index in [0.717, 1.165) is 12.0 Å². The molecule has 11 nitrogen and oxygen atoms in total. The summed E-state index contributed by atoms with van der Waals surface area (Å²) < 4.78 is 5.32. The molecule has 0 radical (unpaired) electrons. The van der Waals surface area contributed by atoms with E-state index in [0.29, 0.717) is 19.4 Å². The van der Waals surface area contributed by atoms with Crippen molar-refractivity contribution in [3.05, 3.63) is 42.7 Å². The van der Waals surface area contributed by atoms with Gasteiger partial charge in [0.25, 0.3) is 0 Å². The lowest BCUT2D eigenvalue weighted by atomic mass is 9.85. The van der Waals surface area contributed by atoms with Crippen molar-refractivity contribution in [1.82, 2.24) is 25.8 Å². The third-order valence-electron chi connectivity index (χ3n) is 7.19. The molecule has 210 valence electrons. The third-order valence-corrected chi connectivity index (χ3v) is 7.19. The second-order valence-corrected chi connectivity index (χ2v) is 11.1. The number of alkyl carbamates (subject to hydrolysis) is 1. The zero-order valence-electron chi connectivity index (χ0n) is 22.8. The largest absolute Gasteiger partial charge is 0.445 e. The molecule has 5 atom stereocenters. The number of hydrogen-bond acceptors (Lipinski definition) is 7. The van der Waals surface area contributed by atoms with Crippen molar-refractivity contribution >= 4 is 23.8 Å². The van der Waals surface area contributed by atoms with Crippen LogP contribution in [0.15, 0.2) is 37.2 Å². The Hall–Kier alpha value is -3.94. The van der Waals surface area contributed by atoms with Gasteiger partial charge in [0, 0.05) is 37.3 Å². The van der Waals surface area contributed by atoms with E-state index in [1.165, 1.54) is 4.90 Å². The number of likely N-dealkylation sites (tertiary alicyclic amines) is 1. The average molecular weight is 539 g/mol. The standard InChI is InChI=1S/C28H38N6O5/c1-5-19-10-14-34(22(19)25(36)32-21(16-29)15-20-7-6-11-31-24(20)35)26(37)23(28(2,3)4)33-27(38)39-17-18-8-12-30-13-9-18/h5,8-9,12-13,19-23H,1,6-7,10-11,14-15,17H2,2-4H3,(H,31,35)(H,32,36)(H,33,38)/t19-,20-,21-,22-,23?/m0/s1. The zero-order valence-corrected chi connectivity index (χ0v) is 22.8. The highest BCUT2D eigenvalue weighted by atomic mass is 16.5. The van der Waals surface area contributed by atoms with Gasteiger partial charge in [-0.2, -0.15) is 5.26 Å². The van der Waals surface area contributed by atoms with E-state index in [4.69, 9.17) is 4.74 Å². The van der Waals surface area contributed by atoms with Crippen LogP contribution in [0.3, 0.4) is 0 Å². The maximum Gasteiger partial charge on any atom is 0.408 e. The molecular formula is C28H38N6O5. The summed E-state index contributed by atoms with van der Waals surface area (Å²) in [5.41, 5.74) is 0.0606. The molecule has 1 aromatic heterocycles. The Balaban J connectivity index is 1.71. The van der Waals surface area contributed by atoms with Crippen LogP contribution >= 0.6 is 0 Å². The monoisotopic (exact) mass is 538 g/mol. The van der Waals surface area contributed by atoms with Gasteiger partial charge in [0.2, 0.25) is 17.7 Å². The van der Waals surface area contributed by atoms with Crippen molar-refractivity contribution in [3.8, 4) is 6.07 Å². The van der Waals surface area contributed by atoms with Crippen LogP contribution in [0.4, 0.5) is 4.79 Å². The molecule has 2 fully saturated rings. The maximum atomic E-state index is 13.8. The van der Waals surface area contributed by atoms with E-state index in [-0.39, 0.29) is 37.3 Å². The van der Waals surface area contributed by atoms with Crippen LogP contribution < -0.4 is 16.0 Å². The smallest absolute Gasteiger partial charge is 0.408 e. The lowest BCUT2D eigenvalue weighted by Gasteiger charge is -2.36. The Kier molecular flexibility index (Phi) is 10.0. The molecule has 4 amide bonds. The van der Waals surface area contributed by atoms with E-state index in [2.05, 4.69) is 33.6 Å². The van der Waals surface area contributed by atoms with Crippen molar-refractivity contribution in [2.24, 2.45) is 17.3 Å². The molecule has 3 heterocycles. The minimum absolute atomic E-state index is 0.0151. The Morgan fingerprint density at radius 1 is 1.28 bits per heavy atom. The number of aromatic nitrogens is 1. The fourth-order valence-electron chi connectivity index (χ4n) is 4.99. The molecule has 0 aliphatic carbocycles. The molecule has 0 bridgehead atoms. The van der Waals surface area contributed by atoms with Crippen molar-refractivity contribution in [2.45, 2.75) is 71.2 Å². The fraction of sp³-hybridized carbons (Fsp3) is 0.571. The van der Waals surface area contributed by atoms with Crippen LogP contribution in [0, 0.1) is 28.6 Å². The van der Waals surface area contributed by atoms with Crippen molar-refractivity contribution in [3.63, 3.8) is 0 Å². The summed E-state index contributed by atoms with van der Waals surface area (Å²) in [5, 5.41) is 17.9. The topological polar surface area (TPSA) is 154 Å². The number of nitrogens with zero attached hydrogens (tertiary/aromatic N) is 3. The summed E-state index contributed by atoms with van der Waals surface area (Å²) in [6.07, 6.45) is 6.24. The number of rotatable bonds is 9. The molecule has 0 aromatic carbocycles. The number of nitriles is 1. The molecular weight excluding hydrogens is 500 g/mol. The minimum Gasteiger partial charge on any atom is -0.445 e. The van der Waals surface area contributed by atoms with E-state index in [9.17, 15) is 24.4 Å². The first-order chi connectivity index (χ1) is 18.5. The molecule has 1 aromatic rings. The summed E-state index contributed by atoms with van der Waals surface area (Å²) in [7, 11) is 0. The molecule has 39 heavy (non-hydrogen) atoms. The van der Waals surface area contributed by atoms with Crippen molar-refractivity contribution in [1.29, 1.82) is 5.26 Å². The van der Waals surface area contributed by atoms with Crippen LogP contribution in [0.25, 0.3) is 0 Å². The Morgan fingerprint density at radius 3 is 2.62 bits per heavy atom. The van der Waals surface area contributed by atoms with E-state index in [1.54, 1.807) is 30.6 Å². The van der Waals surface area contributed by atoms with Crippen LogP contribution in [0.2, 0.25) is 0 Å². The van der Waals surface area contributed by atoms with Crippen molar-refractivity contribution in [2.75, 3.05) is 13.1 Å². The van der Waals surface area contributed by atoms with Gasteiger partial charge in [0.15, 0.2) is 0 Å². The van der Waals surface area contributed by atoms with Gasteiger partial charge in [0.05, 0.1) is 6.07 Å². The van der Waals surface area contributed by atoms with Crippen LogP contribution in [0.5, 0.6) is 0 Å².